The van der Waals surface area contributed by atoms with Crippen LogP contribution in [0.4, 0.5) is 0 Å². The molecule has 3 nitrogen and oxygen atoms in total. The Hall–Kier alpha value is -3.72. The van der Waals surface area contributed by atoms with E-state index in [9.17, 15) is 4.79 Å². The fourth-order valence-electron chi connectivity index (χ4n) is 4.72. The topological polar surface area (TPSA) is 39.2 Å². The van der Waals surface area contributed by atoms with Crippen LogP contribution in [0.25, 0.3) is 32.4 Å². The summed E-state index contributed by atoms with van der Waals surface area (Å²) >= 11 is 0. The van der Waals surface area contributed by atoms with Gasteiger partial charge in [-0.05, 0) is 70.5 Å². The number of fused-ring (bicyclic) bond motifs is 6. The van der Waals surface area contributed by atoms with Crippen LogP contribution in [0.3, 0.4) is 0 Å². The monoisotopic (exact) mass is 419 g/mol. The van der Waals surface area contributed by atoms with Crippen molar-refractivity contribution in [3.63, 3.8) is 0 Å². The van der Waals surface area contributed by atoms with Crippen molar-refractivity contribution in [1.82, 2.24) is 4.98 Å². The first-order valence-electron chi connectivity index (χ1n) is 11.1. The summed E-state index contributed by atoms with van der Waals surface area (Å²) in [6, 6.07) is 27.2. The van der Waals surface area contributed by atoms with Gasteiger partial charge in [-0.3, -0.25) is 4.98 Å². The van der Waals surface area contributed by atoms with Gasteiger partial charge >= 0.3 is 5.97 Å². The van der Waals surface area contributed by atoms with Gasteiger partial charge in [-0.25, -0.2) is 4.79 Å². The van der Waals surface area contributed by atoms with Gasteiger partial charge in [-0.2, -0.15) is 0 Å². The summed E-state index contributed by atoms with van der Waals surface area (Å²) in [6.45, 7) is 0. The van der Waals surface area contributed by atoms with E-state index >= 15 is 0 Å². The van der Waals surface area contributed by atoms with Crippen LogP contribution in [0.15, 0.2) is 85.1 Å². The molecule has 0 saturated heterocycles. The van der Waals surface area contributed by atoms with Crippen LogP contribution in [0.1, 0.15) is 34.3 Å². The molecule has 4 aromatic carbocycles. The zero-order valence-electron chi connectivity index (χ0n) is 18.2. The predicted molar refractivity (Wildman–Crippen MR) is 131 cm³/mol. The number of pyridine rings is 1. The van der Waals surface area contributed by atoms with Crippen LogP contribution in [0, 0.1) is 0 Å². The largest absolute Gasteiger partial charge is 0.465 e. The molecule has 0 amide bonds. The first kappa shape index (κ1) is 20.2. The molecule has 158 valence electrons. The van der Waals surface area contributed by atoms with Crippen molar-refractivity contribution in [3.8, 4) is 0 Å². The van der Waals surface area contributed by atoms with Crippen molar-refractivity contribution >= 4 is 38.4 Å². The molecule has 0 fully saturated rings. The molecule has 0 radical (unpaired) electrons. The fraction of sp³-hybridized carbons (Fsp3) is 0.172. The Balaban J connectivity index is 0.000000140. The van der Waals surface area contributed by atoms with Gasteiger partial charge in [0.25, 0.3) is 0 Å². The number of hydrogen-bond acceptors (Lipinski definition) is 3. The Labute approximate surface area is 187 Å². The molecule has 0 atom stereocenters. The standard InChI is InChI=1S/C18H16.C11H9NO2/c1-3-7-15-13(5-1)9-11-18-16-8-4-2-6-14(16)10-12-17(15)18;1-14-11(13)9-6-2-4-8-5-3-7-12-10(8)9/h1,3,5,7,9-12H,2,4,6,8H2;2-7H,1H3. The van der Waals surface area contributed by atoms with Crippen molar-refractivity contribution in [2.75, 3.05) is 7.11 Å². The number of nitrogens with zero attached hydrogens (tertiary/aromatic N) is 1. The summed E-state index contributed by atoms with van der Waals surface area (Å²) in [5.41, 5.74) is 4.36. The molecule has 1 aliphatic carbocycles. The van der Waals surface area contributed by atoms with E-state index in [4.69, 9.17) is 0 Å². The van der Waals surface area contributed by atoms with E-state index in [2.05, 4.69) is 58.3 Å². The summed E-state index contributed by atoms with van der Waals surface area (Å²) in [7, 11) is 1.37. The Morgan fingerprint density at radius 1 is 0.750 bits per heavy atom. The average Bonchev–Trinajstić information content (AvgIpc) is 2.88. The highest BCUT2D eigenvalue weighted by molar-refractivity contribution is 6.08. The highest BCUT2D eigenvalue weighted by atomic mass is 16.5. The van der Waals surface area contributed by atoms with E-state index in [1.54, 1.807) is 23.4 Å². The van der Waals surface area contributed by atoms with Crippen LogP contribution in [-0.4, -0.2) is 18.1 Å². The Morgan fingerprint density at radius 2 is 1.53 bits per heavy atom. The molecule has 1 heterocycles. The number of benzene rings is 4. The molecule has 0 spiro atoms. The first-order valence-corrected chi connectivity index (χ1v) is 11.1. The van der Waals surface area contributed by atoms with E-state index in [1.165, 1.54) is 54.3 Å². The zero-order valence-corrected chi connectivity index (χ0v) is 18.2. The molecule has 0 bridgehead atoms. The quantitative estimate of drug-likeness (QED) is 0.219. The maximum Gasteiger partial charge on any atom is 0.340 e. The van der Waals surface area contributed by atoms with Gasteiger partial charge in [0.2, 0.25) is 0 Å². The van der Waals surface area contributed by atoms with Gasteiger partial charge in [0.1, 0.15) is 0 Å². The summed E-state index contributed by atoms with van der Waals surface area (Å²) in [5, 5.41) is 6.58. The van der Waals surface area contributed by atoms with E-state index in [0.717, 1.165) is 5.39 Å². The normalized spacial score (nSPS) is 12.8. The van der Waals surface area contributed by atoms with Crippen molar-refractivity contribution in [3.05, 3.63) is 102 Å². The third-order valence-electron chi connectivity index (χ3n) is 6.30. The molecule has 1 aliphatic rings. The third-order valence-corrected chi connectivity index (χ3v) is 6.30. The second-order valence-corrected chi connectivity index (χ2v) is 8.16. The number of para-hydroxylation sites is 1. The van der Waals surface area contributed by atoms with E-state index in [-0.39, 0.29) is 5.97 Å². The van der Waals surface area contributed by atoms with E-state index < -0.39 is 0 Å². The molecule has 5 aromatic rings. The van der Waals surface area contributed by atoms with Gasteiger partial charge < -0.3 is 4.74 Å². The van der Waals surface area contributed by atoms with E-state index in [1.807, 2.05) is 24.3 Å². The highest BCUT2D eigenvalue weighted by Gasteiger charge is 2.13. The maximum atomic E-state index is 11.4. The summed E-state index contributed by atoms with van der Waals surface area (Å²) in [6.07, 6.45) is 6.88. The number of hydrogen-bond donors (Lipinski definition) is 0. The lowest BCUT2D eigenvalue weighted by molar-refractivity contribution is 0.0603. The fourth-order valence-corrected chi connectivity index (χ4v) is 4.72. The molecule has 0 unspecified atom stereocenters. The summed E-state index contributed by atoms with van der Waals surface area (Å²) in [5.74, 6) is -0.353. The van der Waals surface area contributed by atoms with Crippen molar-refractivity contribution in [1.29, 1.82) is 0 Å². The molecule has 6 rings (SSSR count). The average molecular weight is 420 g/mol. The lowest BCUT2D eigenvalue weighted by Crippen LogP contribution is -2.02. The Bertz CT molecular complexity index is 1430. The summed E-state index contributed by atoms with van der Waals surface area (Å²) < 4.78 is 4.67. The number of aromatic nitrogens is 1. The minimum Gasteiger partial charge on any atom is -0.465 e. The Kier molecular flexibility index (Phi) is 5.55. The second-order valence-electron chi connectivity index (χ2n) is 8.16. The minimum absolute atomic E-state index is 0.353. The minimum atomic E-state index is -0.353. The van der Waals surface area contributed by atoms with Crippen LogP contribution in [0.5, 0.6) is 0 Å². The number of carbonyl (C=O) groups excluding carboxylic acids is 1. The molecular weight excluding hydrogens is 394 g/mol. The van der Waals surface area contributed by atoms with Crippen LogP contribution in [0.2, 0.25) is 0 Å². The lowest BCUT2D eigenvalue weighted by atomic mass is 9.86. The van der Waals surface area contributed by atoms with Gasteiger partial charge in [0, 0.05) is 11.6 Å². The number of methoxy groups -OCH3 is 1. The number of carbonyl (C=O) groups is 1. The molecule has 32 heavy (non-hydrogen) atoms. The lowest BCUT2D eigenvalue weighted by Gasteiger charge is -2.18. The second kappa shape index (κ2) is 8.80. The molecular formula is C29H25NO2. The third kappa shape index (κ3) is 3.71. The van der Waals surface area contributed by atoms with Crippen molar-refractivity contribution in [2.45, 2.75) is 25.7 Å². The SMILES string of the molecule is COC(=O)c1cccc2cccnc12.c1ccc2c(c1)ccc1c3c(ccc12)CCCC3. The predicted octanol–water partition coefficient (Wildman–Crippen LogP) is 6.89. The molecule has 0 N–H and O–H groups in total. The molecule has 1 aromatic heterocycles. The number of ether oxygens (including phenoxy) is 1. The van der Waals surface area contributed by atoms with Gasteiger partial charge in [0.15, 0.2) is 0 Å². The zero-order chi connectivity index (χ0) is 21.9. The van der Waals surface area contributed by atoms with Crippen molar-refractivity contribution < 1.29 is 9.53 Å². The first-order chi connectivity index (χ1) is 15.8. The maximum absolute atomic E-state index is 11.4. The smallest absolute Gasteiger partial charge is 0.340 e. The van der Waals surface area contributed by atoms with Gasteiger partial charge in [-0.15, -0.1) is 0 Å². The number of aryl methyl sites for hydroxylation is 2. The summed E-state index contributed by atoms with van der Waals surface area (Å²) in [4.78, 5) is 15.5. The van der Waals surface area contributed by atoms with Gasteiger partial charge in [0.05, 0.1) is 18.2 Å². The van der Waals surface area contributed by atoms with Crippen molar-refractivity contribution in [2.24, 2.45) is 0 Å². The van der Waals surface area contributed by atoms with Crippen LogP contribution < -0.4 is 0 Å². The van der Waals surface area contributed by atoms with Crippen LogP contribution in [-0.2, 0) is 17.6 Å². The number of esters is 1. The van der Waals surface area contributed by atoms with Crippen LogP contribution >= 0.6 is 0 Å². The highest BCUT2D eigenvalue weighted by Crippen LogP contribution is 2.33. The molecule has 0 saturated carbocycles. The molecule has 3 heteroatoms. The van der Waals surface area contributed by atoms with E-state index in [0.29, 0.717) is 11.1 Å². The van der Waals surface area contributed by atoms with Gasteiger partial charge in [-0.1, -0.05) is 66.7 Å². The molecule has 0 aliphatic heterocycles. The number of rotatable bonds is 1. The Morgan fingerprint density at radius 3 is 2.44 bits per heavy atom.